The minimum atomic E-state index is -1.33. The number of carboxylic acids is 1. The molecule has 2 saturated heterocycles. The molecular formula is C29H31FN2O6. The molecule has 6 aliphatic rings. The molecule has 1 aromatic rings. The number of morpholine rings is 1. The van der Waals surface area contributed by atoms with Crippen molar-refractivity contribution >= 4 is 23.3 Å². The number of ether oxygens (including phenoxy) is 1. The third-order valence-electron chi connectivity index (χ3n) is 10.0. The van der Waals surface area contributed by atoms with E-state index in [0.717, 1.165) is 19.5 Å². The van der Waals surface area contributed by atoms with Gasteiger partial charge in [0.25, 0.3) is 0 Å². The Morgan fingerprint density at radius 3 is 2.29 bits per heavy atom. The normalized spacial score (nSPS) is 42.1. The summed E-state index contributed by atoms with van der Waals surface area (Å²) in [5.74, 6) is -3.49. The topological polar surface area (TPSA) is 104 Å². The van der Waals surface area contributed by atoms with Crippen molar-refractivity contribution in [1.29, 1.82) is 0 Å². The average molecular weight is 523 g/mol. The zero-order valence-electron chi connectivity index (χ0n) is 21.2. The first-order valence-electron chi connectivity index (χ1n) is 13.7. The summed E-state index contributed by atoms with van der Waals surface area (Å²) >= 11 is 0. The molecule has 0 amide bonds. The summed E-state index contributed by atoms with van der Waals surface area (Å²) in [4.78, 5) is 56.4. The number of ketones is 3. The van der Waals surface area contributed by atoms with Gasteiger partial charge in [0, 0.05) is 41.6 Å². The summed E-state index contributed by atoms with van der Waals surface area (Å²) in [6.07, 6.45) is 0.523. The van der Waals surface area contributed by atoms with E-state index in [-0.39, 0.29) is 29.6 Å². The number of nitrogens with zero attached hydrogens (tertiary/aromatic N) is 2. The molecule has 3 aliphatic carbocycles. The van der Waals surface area contributed by atoms with Gasteiger partial charge in [0.1, 0.15) is 11.7 Å². The van der Waals surface area contributed by atoms with Crippen LogP contribution in [0.25, 0.3) is 0 Å². The molecule has 10 atom stereocenters. The smallest absolute Gasteiger partial charge is 0.340 e. The third kappa shape index (κ3) is 3.33. The maximum Gasteiger partial charge on any atom is 0.340 e. The molecule has 0 aromatic heterocycles. The Kier molecular flexibility index (Phi) is 5.43. The highest BCUT2D eigenvalue weighted by molar-refractivity contribution is 6.18. The van der Waals surface area contributed by atoms with E-state index >= 15 is 4.39 Å². The van der Waals surface area contributed by atoms with Crippen molar-refractivity contribution in [2.75, 3.05) is 13.1 Å². The lowest BCUT2D eigenvalue weighted by molar-refractivity contribution is -0.215. The van der Waals surface area contributed by atoms with Crippen molar-refractivity contribution in [3.8, 4) is 0 Å². The summed E-state index contributed by atoms with van der Waals surface area (Å²) in [5.41, 5.74) is 0.527. The van der Waals surface area contributed by atoms with Gasteiger partial charge in [-0.3, -0.25) is 19.3 Å². The van der Waals surface area contributed by atoms with Gasteiger partial charge in [0.2, 0.25) is 0 Å². The van der Waals surface area contributed by atoms with Gasteiger partial charge < -0.3 is 14.7 Å². The Bertz CT molecular complexity index is 1280. The second-order valence-electron chi connectivity index (χ2n) is 12.1. The number of Topliss-reactive ketones (excluding diaryl/α,β-unsaturated/α-hetero) is 3. The van der Waals surface area contributed by atoms with E-state index in [2.05, 4.69) is 11.8 Å². The van der Waals surface area contributed by atoms with Crippen LogP contribution in [-0.4, -0.2) is 87.8 Å². The number of aliphatic carboxylic acids is 1. The molecule has 0 radical (unpaired) electrons. The van der Waals surface area contributed by atoms with Crippen LogP contribution in [0.1, 0.15) is 53.3 Å². The predicted octanol–water partition coefficient (Wildman–Crippen LogP) is 2.52. The van der Waals surface area contributed by atoms with E-state index < -0.39 is 60.0 Å². The maximum atomic E-state index is 15.9. The highest BCUT2D eigenvalue weighted by atomic mass is 19.1. The molecule has 38 heavy (non-hydrogen) atoms. The molecule has 3 heterocycles. The van der Waals surface area contributed by atoms with Crippen molar-refractivity contribution in [3.05, 3.63) is 47.2 Å². The number of benzene rings is 1. The van der Waals surface area contributed by atoms with Gasteiger partial charge in [-0.15, -0.1) is 0 Å². The number of hydrogen-bond acceptors (Lipinski definition) is 7. The molecule has 4 fully saturated rings. The number of carboxylic acid groups (broad SMARTS) is 1. The minimum absolute atomic E-state index is 0.0474. The number of rotatable bonds is 2. The van der Waals surface area contributed by atoms with Crippen LogP contribution < -0.4 is 0 Å². The molecular weight excluding hydrogens is 491 g/mol. The van der Waals surface area contributed by atoms with Crippen LogP contribution >= 0.6 is 0 Å². The van der Waals surface area contributed by atoms with E-state index in [1.54, 1.807) is 24.3 Å². The van der Waals surface area contributed by atoms with Crippen molar-refractivity contribution in [1.82, 2.24) is 9.80 Å². The van der Waals surface area contributed by atoms with Gasteiger partial charge in [0.15, 0.2) is 17.3 Å². The molecule has 0 bridgehead atoms. The van der Waals surface area contributed by atoms with E-state index in [1.165, 1.54) is 6.20 Å². The molecule has 9 heteroatoms. The first-order valence-corrected chi connectivity index (χ1v) is 13.7. The molecule has 3 aliphatic heterocycles. The Morgan fingerprint density at radius 2 is 1.66 bits per heavy atom. The molecule has 1 aromatic carbocycles. The second kappa shape index (κ2) is 8.55. The van der Waals surface area contributed by atoms with Crippen molar-refractivity contribution in [2.45, 2.75) is 69.1 Å². The van der Waals surface area contributed by atoms with Crippen LogP contribution in [-0.2, 0) is 14.3 Å². The number of fused-ring (bicyclic) bond motifs is 4. The summed E-state index contributed by atoms with van der Waals surface area (Å²) in [7, 11) is 0. The van der Waals surface area contributed by atoms with E-state index in [4.69, 9.17) is 4.74 Å². The van der Waals surface area contributed by atoms with Crippen LogP contribution in [0.5, 0.6) is 0 Å². The highest BCUT2D eigenvalue weighted by Gasteiger charge is 2.62. The van der Waals surface area contributed by atoms with Crippen LogP contribution in [0.4, 0.5) is 4.39 Å². The van der Waals surface area contributed by atoms with Crippen molar-refractivity contribution in [2.24, 2.45) is 23.7 Å². The van der Waals surface area contributed by atoms with Crippen molar-refractivity contribution < 1.29 is 33.4 Å². The molecule has 0 spiro atoms. The maximum absolute atomic E-state index is 15.9. The summed E-state index contributed by atoms with van der Waals surface area (Å²) in [5, 5.41) is 9.84. The summed E-state index contributed by atoms with van der Waals surface area (Å²) in [6.45, 7) is 3.63. The standard InChI is InChI=1S/C29H31FN2O6/c1-13-6-7-31(11-13)24-20(30)8-18-23-28(24)38-22-10-17-16(25(33)14-4-2-3-5-15(14)26(17)34)9-21(22)32(23)12-19(27(18)35)29(36)37/h2-5,12-13,16-18,20-24,28H,6-11H2,1H3,(H,36,37). The Hall–Kier alpha value is -2.91. The van der Waals surface area contributed by atoms with Crippen LogP contribution in [0.2, 0.25) is 0 Å². The number of alkyl halides is 1. The SMILES string of the molecule is CC1CCN(C2C(F)CC3C(=O)C(C(=O)O)=CN4C5CC6C(=O)c7ccccc7C(=O)C6CC5OC2C34)C1. The zero-order chi connectivity index (χ0) is 26.5. The fraction of sp³-hybridized carbons (Fsp3) is 0.586. The number of halogens is 1. The molecule has 2 saturated carbocycles. The van der Waals surface area contributed by atoms with Gasteiger partial charge in [-0.05, 0) is 38.1 Å². The number of hydrogen-bond donors (Lipinski definition) is 1. The van der Waals surface area contributed by atoms with Crippen molar-refractivity contribution in [3.63, 3.8) is 0 Å². The van der Waals surface area contributed by atoms with Crippen LogP contribution in [0.3, 0.4) is 0 Å². The summed E-state index contributed by atoms with van der Waals surface area (Å²) < 4.78 is 22.6. The third-order valence-corrected chi connectivity index (χ3v) is 10.0. The number of likely N-dealkylation sites (tertiary alicyclic amines) is 1. The van der Waals surface area contributed by atoms with E-state index in [0.29, 0.717) is 29.9 Å². The first-order chi connectivity index (χ1) is 18.2. The van der Waals surface area contributed by atoms with Gasteiger partial charge in [-0.1, -0.05) is 31.2 Å². The quantitative estimate of drug-likeness (QED) is 0.591. The lowest BCUT2D eigenvalue weighted by Crippen LogP contribution is -2.73. The minimum Gasteiger partial charge on any atom is -0.478 e. The lowest BCUT2D eigenvalue weighted by atomic mass is 9.63. The summed E-state index contributed by atoms with van der Waals surface area (Å²) in [6, 6.07) is 5.47. The van der Waals surface area contributed by atoms with Gasteiger partial charge >= 0.3 is 5.97 Å². The number of carbonyl (C=O) groups excluding carboxylic acids is 3. The van der Waals surface area contributed by atoms with Gasteiger partial charge in [0.05, 0.1) is 30.3 Å². The molecule has 200 valence electrons. The Labute approximate surface area is 219 Å². The monoisotopic (exact) mass is 522 g/mol. The molecule has 1 N–H and O–H groups in total. The second-order valence-corrected chi connectivity index (χ2v) is 12.1. The van der Waals surface area contributed by atoms with Gasteiger partial charge in [-0.2, -0.15) is 0 Å². The van der Waals surface area contributed by atoms with Gasteiger partial charge in [-0.25, -0.2) is 9.18 Å². The average Bonchev–Trinajstić information content (AvgIpc) is 3.33. The molecule has 7 rings (SSSR count). The van der Waals surface area contributed by atoms with E-state index in [9.17, 15) is 24.3 Å². The largest absolute Gasteiger partial charge is 0.478 e. The molecule has 8 nitrogen and oxygen atoms in total. The Balaban J connectivity index is 1.30. The lowest BCUT2D eigenvalue weighted by Gasteiger charge is -2.61. The number of carbonyl (C=O) groups is 4. The zero-order valence-corrected chi connectivity index (χ0v) is 21.2. The van der Waals surface area contributed by atoms with Crippen LogP contribution in [0, 0.1) is 23.7 Å². The predicted molar refractivity (Wildman–Crippen MR) is 132 cm³/mol. The fourth-order valence-electron chi connectivity index (χ4n) is 8.31. The van der Waals surface area contributed by atoms with E-state index in [1.807, 2.05) is 4.90 Å². The Morgan fingerprint density at radius 1 is 0.974 bits per heavy atom. The first kappa shape index (κ1) is 24.2. The highest BCUT2D eigenvalue weighted by Crippen LogP contribution is 2.50. The van der Waals surface area contributed by atoms with Crippen LogP contribution in [0.15, 0.2) is 36.0 Å². The fourth-order valence-corrected chi connectivity index (χ4v) is 8.31. The molecule has 10 unspecified atom stereocenters.